The fourth-order valence-corrected chi connectivity index (χ4v) is 4.48. The van der Waals surface area contributed by atoms with Gasteiger partial charge in [0.2, 0.25) is 0 Å². The molecule has 2 aromatic rings. The standard InChI is InChI=1S/C16H19N3S/c1-2-4-16-13(3-1)15(7-8-20-16)18-12-5-6-14-11(9-12)10-17-19-14/h1-4,10,12,15,18H,5-9H2,(H,17,19). The van der Waals surface area contributed by atoms with Gasteiger partial charge in [0.1, 0.15) is 0 Å². The highest BCUT2D eigenvalue weighted by Gasteiger charge is 2.26. The lowest BCUT2D eigenvalue weighted by Gasteiger charge is -2.32. The minimum atomic E-state index is 0.519. The van der Waals surface area contributed by atoms with E-state index in [1.165, 1.54) is 40.3 Å². The van der Waals surface area contributed by atoms with Gasteiger partial charge in [-0.2, -0.15) is 5.10 Å². The minimum absolute atomic E-state index is 0.519. The second-order valence-corrected chi connectivity index (χ2v) is 6.84. The van der Waals surface area contributed by atoms with Gasteiger partial charge in [-0.25, -0.2) is 0 Å². The number of rotatable bonds is 2. The summed E-state index contributed by atoms with van der Waals surface area (Å²) in [4.78, 5) is 1.45. The molecular weight excluding hydrogens is 266 g/mol. The van der Waals surface area contributed by atoms with Crippen molar-refractivity contribution in [1.29, 1.82) is 0 Å². The number of hydrogen-bond acceptors (Lipinski definition) is 3. The second-order valence-electron chi connectivity index (χ2n) is 5.71. The summed E-state index contributed by atoms with van der Waals surface area (Å²) in [6.07, 6.45) is 6.67. The van der Waals surface area contributed by atoms with Crippen LogP contribution in [0, 0.1) is 0 Å². The Balaban J connectivity index is 1.51. The maximum atomic E-state index is 4.16. The number of hydrogen-bond donors (Lipinski definition) is 2. The van der Waals surface area contributed by atoms with Gasteiger partial charge >= 0.3 is 0 Å². The van der Waals surface area contributed by atoms with Crippen molar-refractivity contribution in [3.05, 3.63) is 47.3 Å². The molecule has 4 heteroatoms. The Morgan fingerprint density at radius 3 is 3.20 bits per heavy atom. The first-order valence-corrected chi connectivity index (χ1v) is 8.37. The summed E-state index contributed by atoms with van der Waals surface area (Å²) in [5.74, 6) is 1.22. The SMILES string of the molecule is c1ccc2c(c1)SCCC2NC1CCc2[nH]ncc2C1. The summed E-state index contributed by atoms with van der Waals surface area (Å²) in [5.41, 5.74) is 4.22. The molecule has 2 aliphatic rings. The van der Waals surface area contributed by atoms with E-state index in [0.29, 0.717) is 12.1 Å². The molecule has 2 unspecified atom stereocenters. The summed E-state index contributed by atoms with van der Waals surface area (Å²) >= 11 is 1.99. The van der Waals surface area contributed by atoms with Gasteiger partial charge < -0.3 is 5.32 Å². The van der Waals surface area contributed by atoms with Crippen LogP contribution in [0.15, 0.2) is 35.4 Å². The monoisotopic (exact) mass is 285 g/mol. The predicted molar refractivity (Wildman–Crippen MR) is 82.1 cm³/mol. The highest BCUT2D eigenvalue weighted by atomic mass is 32.2. The van der Waals surface area contributed by atoms with E-state index < -0.39 is 0 Å². The Bertz CT molecular complexity index is 607. The zero-order chi connectivity index (χ0) is 13.4. The molecule has 104 valence electrons. The van der Waals surface area contributed by atoms with E-state index in [9.17, 15) is 0 Å². The molecule has 0 saturated carbocycles. The van der Waals surface area contributed by atoms with Crippen LogP contribution in [-0.4, -0.2) is 22.0 Å². The van der Waals surface area contributed by atoms with Crippen LogP contribution in [0.25, 0.3) is 0 Å². The molecule has 0 bridgehead atoms. The number of nitrogens with one attached hydrogen (secondary N) is 2. The van der Waals surface area contributed by atoms with Crippen molar-refractivity contribution < 1.29 is 0 Å². The molecule has 0 spiro atoms. The number of aromatic nitrogens is 2. The first-order chi connectivity index (χ1) is 9.90. The van der Waals surface area contributed by atoms with Gasteiger partial charge in [0.25, 0.3) is 0 Å². The molecule has 1 aromatic heterocycles. The fourth-order valence-electron chi connectivity index (χ4n) is 3.36. The summed E-state index contributed by atoms with van der Waals surface area (Å²) in [6.45, 7) is 0. The van der Waals surface area contributed by atoms with E-state index in [-0.39, 0.29) is 0 Å². The Morgan fingerprint density at radius 2 is 2.20 bits per heavy atom. The fraction of sp³-hybridized carbons (Fsp3) is 0.438. The molecule has 0 amide bonds. The van der Waals surface area contributed by atoms with Crippen LogP contribution < -0.4 is 5.32 Å². The Hall–Kier alpha value is -1.26. The first kappa shape index (κ1) is 12.5. The quantitative estimate of drug-likeness (QED) is 0.891. The molecule has 1 aliphatic heterocycles. The average Bonchev–Trinajstić information content (AvgIpc) is 2.95. The van der Waals surface area contributed by atoms with E-state index >= 15 is 0 Å². The number of benzene rings is 1. The van der Waals surface area contributed by atoms with Gasteiger partial charge in [0, 0.05) is 22.7 Å². The van der Waals surface area contributed by atoms with Crippen molar-refractivity contribution in [3.63, 3.8) is 0 Å². The Morgan fingerprint density at radius 1 is 1.25 bits per heavy atom. The lowest BCUT2D eigenvalue weighted by atomic mass is 9.92. The number of nitrogens with zero attached hydrogens (tertiary/aromatic N) is 1. The molecular formula is C16H19N3S. The van der Waals surface area contributed by atoms with E-state index in [4.69, 9.17) is 0 Å². The zero-order valence-corrected chi connectivity index (χ0v) is 12.2. The maximum Gasteiger partial charge on any atom is 0.0522 e. The zero-order valence-electron chi connectivity index (χ0n) is 11.4. The summed E-state index contributed by atoms with van der Waals surface area (Å²) in [7, 11) is 0. The molecule has 0 fully saturated rings. The van der Waals surface area contributed by atoms with Crippen LogP contribution >= 0.6 is 11.8 Å². The lowest BCUT2D eigenvalue weighted by molar-refractivity contribution is 0.387. The first-order valence-electron chi connectivity index (χ1n) is 7.39. The Labute approximate surface area is 123 Å². The molecule has 3 nitrogen and oxygen atoms in total. The summed E-state index contributed by atoms with van der Waals surface area (Å²) in [6, 6.07) is 9.95. The Kier molecular flexibility index (Phi) is 3.28. The van der Waals surface area contributed by atoms with E-state index in [1.807, 2.05) is 18.0 Å². The molecule has 2 heterocycles. The van der Waals surface area contributed by atoms with Crippen molar-refractivity contribution in [2.24, 2.45) is 0 Å². The lowest BCUT2D eigenvalue weighted by Crippen LogP contribution is -2.38. The molecule has 20 heavy (non-hydrogen) atoms. The molecule has 4 rings (SSSR count). The highest BCUT2D eigenvalue weighted by Crippen LogP contribution is 2.36. The molecule has 0 saturated heterocycles. The topological polar surface area (TPSA) is 40.7 Å². The third kappa shape index (κ3) is 2.27. The van der Waals surface area contributed by atoms with Crippen molar-refractivity contribution >= 4 is 11.8 Å². The molecule has 2 atom stereocenters. The summed E-state index contributed by atoms with van der Waals surface area (Å²) in [5, 5.41) is 11.2. The van der Waals surface area contributed by atoms with Crippen LogP contribution in [0.4, 0.5) is 0 Å². The van der Waals surface area contributed by atoms with Crippen LogP contribution in [0.5, 0.6) is 0 Å². The van der Waals surface area contributed by atoms with Gasteiger partial charge in [-0.3, -0.25) is 5.10 Å². The van der Waals surface area contributed by atoms with Crippen molar-refractivity contribution in [2.45, 2.75) is 42.7 Å². The van der Waals surface area contributed by atoms with E-state index in [2.05, 4.69) is 39.8 Å². The number of aryl methyl sites for hydroxylation is 1. The van der Waals surface area contributed by atoms with Crippen molar-refractivity contribution in [1.82, 2.24) is 15.5 Å². The average molecular weight is 285 g/mol. The molecule has 2 N–H and O–H groups in total. The van der Waals surface area contributed by atoms with Crippen molar-refractivity contribution in [2.75, 3.05) is 5.75 Å². The minimum Gasteiger partial charge on any atom is -0.307 e. The highest BCUT2D eigenvalue weighted by molar-refractivity contribution is 7.99. The number of aromatic amines is 1. The van der Waals surface area contributed by atoms with Gasteiger partial charge in [-0.05, 0) is 48.6 Å². The third-order valence-electron chi connectivity index (χ3n) is 4.41. The number of fused-ring (bicyclic) bond motifs is 2. The van der Waals surface area contributed by atoms with Gasteiger partial charge in [-0.15, -0.1) is 11.8 Å². The largest absolute Gasteiger partial charge is 0.307 e. The number of thioether (sulfide) groups is 1. The van der Waals surface area contributed by atoms with Crippen molar-refractivity contribution in [3.8, 4) is 0 Å². The normalized spacial score (nSPS) is 25.0. The molecule has 0 radical (unpaired) electrons. The van der Waals surface area contributed by atoms with Crippen LogP contribution in [0.1, 0.15) is 35.7 Å². The smallest absolute Gasteiger partial charge is 0.0522 e. The third-order valence-corrected chi connectivity index (χ3v) is 5.53. The van der Waals surface area contributed by atoms with Crippen LogP contribution in [-0.2, 0) is 12.8 Å². The van der Waals surface area contributed by atoms with Crippen LogP contribution in [0.3, 0.4) is 0 Å². The molecule has 1 aromatic carbocycles. The van der Waals surface area contributed by atoms with Gasteiger partial charge in [-0.1, -0.05) is 18.2 Å². The van der Waals surface area contributed by atoms with Gasteiger partial charge in [0.05, 0.1) is 6.20 Å². The van der Waals surface area contributed by atoms with Gasteiger partial charge in [0.15, 0.2) is 0 Å². The maximum absolute atomic E-state index is 4.16. The van der Waals surface area contributed by atoms with E-state index in [0.717, 1.165) is 12.8 Å². The second kappa shape index (κ2) is 5.26. The van der Waals surface area contributed by atoms with Crippen LogP contribution in [0.2, 0.25) is 0 Å². The predicted octanol–water partition coefficient (Wildman–Crippen LogP) is 3.09. The number of H-pyrrole nitrogens is 1. The summed E-state index contributed by atoms with van der Waals surface area (Å²) < 4.78 is 0. The molecule has 1 aliphatic carbocycles. The van der Waals surface area contributed by atoms with E-state index in [1.54, 1.807) is 0 Å².